The molecule has 1 amide bonds. The predicted molar refractivity (Wildman–Crippen MR) is 85.2 cm³/mol. The van der Waals surface area contributed by atoms with E-state index in [0.29, 0.717) is 22.6 Å². The van der Waals surface area contributed by atoms with E-state index in [9.17, 15) is 4.79 Å². The average Bonchev–Trinajstić information content (AvgIpc) is 2.76. The summed E-state index contributed by atoms with van der Waals surface area (Å²) in [5, 5.41) is 0.998. The molecule has 2 atom stereocenters. The van der Waals surface area contributed by atoms with E-state index < -0.39 is 0 Å². The van der Waals surface area contributed by atoms with Gasteiger partial charge in [0.25, 0.3) is 5.91 Å². The van der Waals surface area contributed by atoms with Crippen molar-refractivity contribution in [3.63, 3.8) is 0 Å². The molecule has 0 saturated carbocycles. The predicted octanol–water partition coefficient (Wildman–Crippen LogP) is 3.89. The highest BCUT2D eigenvalue weighted by molar-refractivity contribution is 7.21. The van der Waals surface area contributed by atoms with Crippen molar-refractivity contribution in [3.05, 3.63) is 29.1 Å². The van der Waals surface area contributed by atoms with Gasteiger partial charge in [-0.3, -0.25) is 4.79 Å². The van der Waals surface area contributed by atoms with Crippen LogP contribution < -0.4 is 5.73 Å². The van der Waals surface area contributed by atoms with Gasteiger partial charge in [0.05, 0.1) is 5.69 Å². The summed E-state index contributed by atoms with van der Waals surface area (Å²) < 4.78 is 1.09. The van der Waals surface area contributed by atoms with Crippen LogP contribution in [0.25, 0.3) is 10.1 Å². The molecule has 2 aromatic rings. The normalized spacial score (nSPS) is 23.2. The minimum absolute atomic E-state index is 0.100. The third-order valence-electron chi connectivity index (χ3n) is 4.26. The van der Waals surface area contributed by atoms with E-state index in [4.69, 9.17) is 5.73 Å². The summed E-state index contributed by atoms with van der Waals surface area (Å²) in [5.74, 6) is 0.100. The van der Waals surface area contributed by atoms with E-state index in [1.807, 2.05) is 29.2 Å². The van der Waals surface area contributed by atoms with Crippen molar-refractivity contribution in [2.75, 3.05) is 5.73 Å². The molecule has 0 radical (unpaired) electrons. The van der Waals surface area contributed by atoms with Crippen LogP contribution in [0.5, 0.6) is 0 Å². The van der Waals surface area contributed by atoms with Crippen LogP contribution in [0, 0.1) is 0 Å². The maximum atomic E-state index is 12.9. The Morgan fingerprint density at radius 1 is 1.25 bits per heavy atom. The molecule has 1 fully saturated rings. The van der Waals surface area contributed by atoms with Crippen LogP contribution in [-0.4, -0.2) is 22.9 Å². The van der Waals surface area contributed by atoms with E-state index in [2.05, 4.69) is 13.8 Å². The summed E-state index contributed by atoms with van der Waals surface area (Å²) in [6, 6.07) is 8.56. The van der Waals surface area contributed by atoms with Gasteiger partial charge < -0.3 is 10.6 Å². The second-order valence-electron chi connectivity index (χ2n) is 5.68. The van der Waals surface area contributed by atoms with Gasteiger partial charge in [-0.1, -0.05) is 18.2 Å². The smallest absolute Gasteiger partial charge is 0.266 e. The van der Waals surface area contributed by atoms with Gasteiger partial charge in [-0.2, -0.15) is 0 Å². The van der Waals surface area contributed by atoms with Crippen molar-refractivity contribution in [3.8, 4) is 0 Å². The molecule has 1 aromatic heterocycles. The van der Waals surface area contributed by atoms with Crippen LogP contribution in [0.1, 0.15) is 42.8 Å². The number of thiophene rings is 1. The first-order valence-corrected chi connectivity index (χ1v) is 8.01. The van der Waals surface area contributed by atoms with Gasteiger partial charge in [0, 0.05) is 22.2 Å². The molecule has 0 aliphatic carbocycles. The summed E-state index contributed by atoms with van der Waals surface area (Å²) >= 11 is 1.51. The van der Waals surface area contributed by atoms with Gasteiger partial charge in [-0.25, -0.2) is 0 Å². The molecule has 20 heavy (non-hydrogen) atoms. The van der Waals surface area contributed by atoms with Crippen LogP contribution in [0.2, 0.25) is 0 Å². The Morgan fingerprint density at radius 3 is 2.55 bits per heavy atom. The SMILES string of the molecule is CC1CCCC(C)N1C(=O)c1sc2ccccc2c1N. The highest BCUT2D eigenvalue weighted by atomic mass is 32.1. The maximum Gasteiger partial charge on any atom is 0.266 e. The summed E-state index contributed by atoms with van der Waals surface area (Å²) in [7, 11) is 0. The van der Waals surface area contributed by atoms with Crippen molar-refractivity contribution in [1.29, 1.82) is 0 Å². The Hall–Kier alpha value is -1.55. The molecule has 0 bridgehead atoms. The first-order chi connectivity index (χ1) is 9.59. The number of carbonyl (C=O) groups excluding carboxylic acids is 1. The van der Waals surface area contributed by atoms with Gasteiger partial charge in [-0.15, -0.1) is 11.3 Å². The molecule has 1 aliphatic rings. The van der Waals surface area contributed by atoms with Gasteiger partial charge >= 0.3 is 0 Å². The highest BCUT2D eigenvalue weighted by Crippen LogP contribution is 2.36. The molecule has 3 rings (SSSR count). The topological polar surface area (TPSA) is 46.3 Å². The minimum Gasteiger partial charge on any atom is -0.397 e. The molecule has 1 saturated heterocycles. The molecule has 106 valence electrons. The van der Waals surface area contributed by atoms with E-state index in [0.717, 1.165) is 22.9 Å². The number of nitrogens with zero attached hydrogens (tertiary/aromatic N) is 1. The number of nitrogen functional groups attached to an aromatic ring is 1. The number of amides is 1. The van der Waals surface area contributed by atoms with Crippen LogP contribution in [0.3, 0.4) is 0 Å². The molecule has 4 heteroatoms. The maximum absolute atomic E-state index is 12.9. The Morgan fingerprint density at radius 2 is 1.90 bits per heavy atom. The number of carbonyl (C=O) groups is 1. The molecular formula is C16H20N2OS. The third kappa shape index (κ3) is 2.08. The number of piperidine rings is 1. The van der Waals surface area contributed by atoms with E-state index in [1.165, 1.54) is 17.8 Å². The molecule has 1 aliphatic heterocycles. The molecule has 0 spiro atoms. The number of likely N-dealkylation sites (tertiary alicyclic amines) is 1. The average molecular weight is 288 g/mol. The quantitative estimate of drug-likeness (QED) is 0.865. The minimum atomic E-state index is 0.100. The lowest BCUT2D eigenvalue weighted by molar-refractivity contribution is 0.0517. The van der Waals surface area contributed by atoms with E-state index >= 15 is 0 Å². The first-order valence-electron chi connectivity index (χ1n) is 7.19. The largest absolute Gasteiger partial charge is 0.397 e. The highest BCUT2D eigenvalue weighted by Gasteiger charge is 2.31. The molecule has 1 aromatic carbocycles. The molecule has 2 heterocycles. The Labute approximate surface area is 123 Å². The fraction of sp³-hybridized carbons (Fsp3) is 0.438. The van der Waals surface area contributed by atoms with Crippen molar-refractivity contribution < 1.29 is 4.79 Å². The third-order valence-corrected chi connectivity index (χ3v) is 5.43. The van der Waals surface area contributed by atoms with E-state index in [-0.39, 0.29) is 5.91 Å². The zero-order valence-electron chi connectivity index (χ0n) is 11.9. The number of nitrogens with two attached hydrogens (primary N) is 1. The van der Waals surface area contributed by atoms with E-state index in [1.54, 1.807) is 0 Å². The molecule has 3 nitrogen and oxygen atoms in total. The van der Waals surface area contributed by atoms with Crippen molar-refractivity contribution >= 4 is 33.0 Å². The first kappa shape index (κ1) is 13.4. The van der Waals surface area contributed by atoms with Crippen molar-refractivity contribution in [1.82, 2.24) is 4.90 Å². The lowest BCUT2D eigenvalue weighted by atomic mass is 9.97. The second-order valence-corrected chi connectivity index (χ2v) is 6.73. The lowest BCUT2D eigenvalue weighted by Gasteiger charge is -2.38. The summed E-state index contributed by atoms with van der Waals surface area (Å²) in [6.07, 6.45) is 3.37. The summed E-state index contributed by atoms with van der Waals surface area (Å²) in [4.78, 5) is 15.6. The van der Waals surface area contributed by atoms with Crippen LogP contribution >= 0.6 is 11.3 Å². The summed E-state index contributed by atoms with van der Waals surface area (Å²) in [6.45, 7) is 4.27. The number of hydrogen-bond donors (Lipinski definition) is 1. The standard InChI is InChI=1S/C16H20N2OS/c1-10-6-5-7-11(2)18(10)16(19)15-14(17)12-8-3-4-9-13(12)20-15/h3-4,8-11H,5-7,17H2,1-2H3. The van der Waals surface area contributed by atoms with Gasteiger partial charge in [0.2, 0.25) is 0 Å². The Balaban J connectivity index is 2.01. The van der Waals surface area contributed by atoms with Crippen LogP contribution in [0.4, 0.5) is 5.69 Å². The number of fused-ring (bicyclic) bond motifs is 1. The van der Waals surface area contributed by atoms with Crippen LogP contribution in [0.15, 0.2) is 24.3 Å². The fourth-order valence-electron chi connectivity index (χ4n) is 3.16. The fourth-order valence-corrected chi connectivity index (χ4v) is 4.23. The van der Waals surface area contributed by atoms with Gasteiger partial charge in [0.15, 0.2) is 0 Å². The number of hydrogen-bond acceptors (Lipinski definition) is 3. The molecule has 2 N–H and O–H groups in total. The lowest BCUT2D eigenvalue weighted by Crippen LogP contribution is -2.47. The molecular weight excluding hydrogens is 268 g/mol. The van der Waals surface area contributed by atoms with Gasteiger partial charge in [0.1, 0.15) is 4.88 Å². The zero-order chi connectivity index (χ0) is 14.3. The van der Waals surface area contributed by atoms with Crippen molar-refractivity contribution in [2.45, 2.75) is 45.2 Å². The second kappa shape index (κ2) is 5.09. The van der Waals surface area contributed by atoms with Gasteiger partial charge in [-0.05, 0) is 39.2 Å². The monoisotopic (exact) mass is 288 g/mol. The van der Waals surface area contributed by atoms with Crippen molar-refractivity contribution in [2.24, 2.45) is 0 Å². The number of rotatable bonds is 1. The summed E-state index contributed by atoms with van der Waals surface area (Å²) in [5.41, 5.74) is 6.84. The Bertz CT molecular complexity index is 639. The Kier molecular flexibility index (Phi) is 3.42. The zero-order valence-corrected chi connectivity index (χ0v) is 12.7. The van der Waals surface area contributed by atoms with Crippen LogP contribution in [-0.2, 0) is 0 Å². The molecule has 2 unspecified atom stereocenters. The number of anilines is 1. The number of benzene rings is 1.